The van der Waals surface area contributed by atoms with Gasteiger partial charge in [0.2, 0.25) is 5.91 Å². The third-order valence-electron chi connectivity index (χ3n) is 3.16. The van der Waals surface area contributed by atoms with Crippen molar-refractivity contribution in [3.05, 3.63) is 29.8 Å². The molecule has 1 amide bonds. The fourth-order valence-corrected chi connectivity index (χ4v) is 1.61. The van der Waals surface area contributed by atoms with E-state index in [1.165, 1.54) is 18.9 Å². The number of ether oxygens (including phenoxy) is 1. The largest absolute Gasteiger partial charge is 0.494 e. The van der Waals surface area contributed by atoms with E-state index in [4.69, 9.17) is 9.84 Å². The fraction of sp³-hybridized carbons (Fsp3) is 0.467. The number of likely N-dealkylation sites (N-methyl/N-ethyl adjacent to an activating group) is 1. The second-order valence-electron chi connectivity index (χ2n) is 4.78. The Hall–Kier alpha value is -2.04. The topological polar surface area (TPSA) is 66.8 Å². The number of hydrogen-bond donors (Lipinski definition) is 1. The molecule has 110 valence electrons. The standard InChI is InChI=1S/C15H21NO4/c1-11-6-8-13(9-7-11)20-10-4-5-14(17)16(3)12(2)15(18)19/h6-9,12H,4-5,10H2,1-3H3,(H,18,19). The summed E-state index contributed by atoms with van der Waals surface area (Å²) in [6, 6.07) is 6.89. The minimum absolute atomic E-state index is 0.188. The number of nitrogens with zero attached hydrogens (tertiary/aromatic N) is 1. The highest BCUT2D eigenvalue weighted by molar-refractivity contribution is 5.83. The molecule has 1 rings (SSSR count). The van der Waals surface area contributed by atoms with Gasteiger partial charge in [0, 0.05) is 13.5 Å². The Morgan fingerprint density at radius 1 is 1.30 bits per heavy atom. The molecular formula is C15H21NO4. The lowest BCUT2D eigenvalue weighted by Gasteiger charge is -2.21. The average molecular weight is 279 g/mol. The summed E-state index contributed by atoms with van der Waals surface area (Å²) in [4.78, 5) is 23.8. The van der Waals surface area contributed by atoms with E-state index in [0.717, 1.165) is 11.3 Å². The molecule has 0 aliphatic heterocycles. The summed E-state index contributed by atoms with van der Waals surface area (Å²) in [5.74, 6) is -0.417. The van der Waals surface area contributed by atoms with Crippen LogP contribution in [0.4, 0.5) is 0 Å². The Bertz CT molecular complexity index is 455. The van der Waals surface area contributed by atoms with Gasteiger partial charge >= 0.3 is 5.97 Å². The van der Waals surface area contributed by atoms with Gasteiger partial charge in [-0.15, -0.1) is 0 Å². The average Bonchev–Trinajstić information content (AvgIpc) is 2.43. The molecule has 20 heavy (non-hydrogen) atoms. The van der Waals surface area contributed by atoms with Crippen molar-refractivity contribution in [1.82, 2.24) is 4.90 Å². The number of rotatable bonds is 7. The second kappa shape index (κ2) is 7.53. The van der Waals surface area contributed by atoms with Gasteiger partial charge in [-0.1, -0.05) is 17.7 Å². The van der Waals surface area contributed by atoms with Gasteiger partial charge in [-0.2, -0.15) is 0 Å². The van der Waals surface area contributed by atoms with Crippen LogP contribution in [0.2, 0.25) is 0 Å². The molecule has 5 nitrogen and oxygen atoms in total. The van der Waals surface area contributed by atoms with Crippen molar-refractivity contribution in [2.45, 2.75) is 32.7 Å². The molecule has 0 spiro atoms. The number of aryl methyl sites for hydroxylation is 1. The molecule has 0 fully saturated rings. The van der Waals surface area contributed by atoms with E-state index in [2.05, 4.69) is 0 Å². The first-order valence-electron chi connectivity index (χ1n) is 6.59. The van der Waals surface area contributed by atoms with Crippen molar-refractivity contribution in [2.75, 3.05) is 13.7 Å². The van der Waals surface area contributed by atoms with Crippen LogP contribution in [0.15, 0.2) is 24.3 Å². The molecule has 0 bridgehead atoms. The maximum absolute atomic E-state index is 11.8. The highest BCUT2D eigenvalue weighted by atomic mass is 16.5. The molecule has 1 atom stereocenters. The predicted octanol–water partition coefficient (Wildman–Crippen LogP) is 2.09. The van der Waals surface area contributed by atoms with Crippen LogP contribution in [0.3, 0.4) is 0 Å². The molecule has 0 radical (unpaired) electrons. The number of carboxylic acids is 1. The molecule has 1 N–H and O–H groups in total. The Kier molecular flexibility index (Phi) is 6.03. The molecule has 0 saturated heterocycles. The van der Waals surface area contributed by atoms with Crippen LogP contribution in [0.25, 0.3) is 0 Å². The third-order valence-corrected chi connectivity index (χ3v) is 3.16. The Balaban J connectivity index is 2.28. The summed E-state index contributed by atoms with van der Waals surface area (Å²) < 4.78 is 5.51. The molecule has 0 aromatic heterocycles. The van der Waals surface area contributed by atoms with Gasteiger partial charge in [-0.3, -0.25) is 4.79 Å². The van der Waals surface area contributed by atoms with Gasteiger partial charge in [0.1, 0.15) is 11.8 Å². The minimum Gasteiger partial charge on any atom is -0.494 e. The molecule has 0 aliphatic carbocycles. The van der Waals surface area contributed by atoms with Crippen LogP contribution < -0.4 is 4.74 Å². The van der Waals surface area contributed by atoms with E-state index in [1.807, 2.05) is 31.2 Å². The van der Waals surface area contributed by atoms with Crippen molar-refractivity contribution >= 4 is 11.9 Å². The van der Waals surface area contributed by atoms with E-state index in [-0.39, 0.29) is 12.3 Å². The Labute approximate surface area is 119 Å². The lowest BCUT2D eigenvalue weighted by Crippen LogP contribution is -2.40. The van der Waals surface area contributed by atoms with Gasteiger partial charge < -0.3 is 14.7 Å². The molecule has 0 aliphatic rings. The Morgan fingerprint density at radius 2 is 1.90 bits per heavy atom. The summed E-state index contributed by atoms with van der Waals surface area (Å²) in [6.45, 7) is 3.93. The van der Waals surface area contributed by atoms with Crippen molar-refractivity contribution in [3.8, 4) is 5.75 Å². The zero-order chi connectivity index (χ0) is 15.1. The number of aliphatic carboxylic acids is 1. The number of amides is 1. The molecule has 1 unspecified atom stereocenters. The second-order valence-corrected chi connectivity index (χ2v) is 4.78. The summed E-state index contributed by atoms with van der Waals surface area (Å²) >= 11 is 0. The van der Waals surface area contributed by atoms with Crippen molar-refractivity contribution in [1.29, 1.82) is 0 Å². The highest BCUT2D eigenvalue weighted by Gasteiger charge is 2.20. The Morgan fingerprint density at radius 3 is 2.45 bits per heavy atom. The van der Waals surface area contributed by atoms with Gasteiger partial charge in [-0.25, -0.2) is 4.79 Å². The fourth-order valence-electron chi connectivity index (χ4n) is 1.61. The van der Waals surface area contributed by atoms with Crippen LogP contribution in [0.1, 0.15) is 25.3 Å². The number of benzene rings is 1. The summed E-state index contributed by atoms with van der Waals surface area (Å²) in [6.07, 6.45) is 0.837. The normalized spacial score (nSPS) is 11.8. The predicted molar refractivity (Wildman–Crippen MR) is 75.8 cm³/mol. The van der Waals surface area contributed by atoms with Gasteiger partial charge in [0.05, 0.1) is 6.61 Å². The monoisotopic (exact) mass is 279 g/mol. The number of hydrogen-bond acceptors (Lipinski definition) is 3. The SMILES string of the molecule is Cc1ccc(OCCCC(=O)N(C)C(C)C(=O)O)cc1. The van der Waals surface area contributed by atoms with Gasteiger partial charge in [-0.05, 0) is 32.4 Å². The summed E-state index contributed by atoms with van der Waals surface area (Å²) in [5, 5.41) is 8.83. The number of carbonyl (C=O) groups is 2. The first-order chi connectivity index (χ1) is 9.41. The van der Waals surface area contributed by atoms with Crippen LogP contribution in [-0.4, -0.2) is 41.6 Å². The zero-order valence-corrected chi connectivity index (χ0v) is 12.1. The molecule has 1 aromatic rings. The quantitative estimate of drug-likeness (QED) is 0.776. The summed E-state index contributed by atoms with van der Waals surface area (Å²) in [5.41, 5.74) is 1.16. The van der Waals surface area contributed by atoms with Gasteiger partial charge in [0.15, 0.2) is 0 Å². The van der Waals surface area contributed by atoms with Gasteiger partial charge in [0.25, 0.3) is 0 Å². The van der Waals surface area contributed by atoms with E-state index < -0.39 is 12.0 Å². The molecule has 0 heterocycles. The van der Waals surface area contributed by atoms with Crippen LogP contribution in [-0.2, 0) is 9.59 Å². The van der Waals surface area contributed by atoms with Crippen molar-refractivity contribution in [3.63, 3.8) is 0 Å². The molecule has 1 aromatic carbocycles. The lowest BCUT2D eigenvalue weighted by atomic mass is 10.2. The maximum atomic E-state index is 11.8. The molecular weight excluding hydrogens is 258 g/mol. The number of carbonyl (C=O) groups excluding carboxylic acids is 1. The third kappa shape index (κ3) is 4.91. The molecule has 5 heteroatoms. The van der Waals surface area contributed by atoms with E-state index >= 15 is 0 Å². The first kappa shape index (κ1) is 16.0. The van der Waals surface area contributed by atoms with Crippen LogP contribution in [0, 0.1) is 6.92 Å². The lowest BCUT2D eigenvalue weighted by molar-refractivity contribution is -0.148. The number of carboxylic acid groups (broad SMARTS) is 1. The highest BCUT2D eigenvalue weighted by Crippen LogP contribution is 2.12. The van der Waals surface area contributed by atoms with Crippen LogP contribution in [0.5, 0.6) is 5.75 Å². The van der Waals surface area contributed by atoms with Crippen LogP contribution >= 0.6 is 0 Å². The van der Waals surface area contributed by atoms with Crippen molar-refractivity contribution in [2.24, 2.45) is 0 Å². The minimum atomic E-state index is -1.00. The van der Waals surface area contributed by atoms with E-state index in [0.29, 0.717) is 13.0 Å². The molecule has 0 saturated carbocycles. The first-order valence-corrected chi connectivity index (χ1v) is 6.59. The van der Waals surface area contributed by atoms with E-state index in [9.17, 15) is 9.59 Å². The maximum Gasteiger partial charge on any atom is 0.326 e. The smallest absolute Gasteiger partial charge is 0.326 e. The van der Waals surface area contributed by atoms with E-state index in [1.54, 1.807) is 0 Å². The van der Waals surface area contributed by atoms with Crippen molar-refractivity contribution < 1.29 is 19.4 Å². The summed E-state index contributed by atoms with van der Waals surface area (Å²) in [7, 11) is 1.50. The zero-order valence-electron chi connectivity index (χ0n) is 12.1.